The van der Waals surface area contributed by atoms with Crippen LogP contribution in [0.15, 0.2) is 22.7 Å². The summed E-state index contributed by atoms with van der Waals surface area (Å²) in [6.07, 6.45) is 0. The van der Waals surface area contributed by atoms with Gasteiger partial charge in [-0.05, 0) is 31.5 Å². The number of nitrogens with two attached hydrogens (primary N) is 1. The first-order valence-electron chi connectivity index (χ1n) is 5.76. The summed E-state index contributed by atoms with van der Waals surface area (Å²) in [6, 6.07) is 5.63. The molecule has 5 nitrogen and oxygen atoms in total. The zero-order valence-electron chi connectivity index (χ0n) is 11.0. The Labute approximate surface area is 119 Å². The molecular formula is C13H15BrN4O. The summed E-state index contributed by atoms with van der Waals surface area (Å²) in [5.41, 5.74) is 9.10. The molecule has 0 radical (unpaired) electrons. The number of nitrogens with one attached hydrogen (secondary N) is 1. The number of benzene rings is 1. The molecule has 0 aliphatic heterocycles. The van der Waals surface area contributed by atoms with Crippen LogP contribution in [0.5, 0.6) is 0 Å². The molecule has 1 aromatic carbocycles. The molecule has 0 aliphatic rings. The molecule has 0 saturated carbocycles. The van der Waals surface area contributed by atoms with Crippen LogP contribution in [0.25, 0.3) is 0 Å². The second-order valence-electron chi connectivity index (χ2n) is 4.39. The van der Waals surface area contributed by atoms with Gasteiger partial charge in [-0.25, -0.2) is 0 Å². The van der Waals surface area contributed by atoms with Gasteiger partial charge in [-0.2, -0.15) is 5.10 Å². The van der Waals surface area contributed by atoms with E-state index in [9.17, 15) is 4.79 Å². The Kier molecular flexibility index (Phi) is 3.61. The lowest BCUT2D eigenvalue weighted by atomic mass is 10.2. The normalized spacial score (nSPS) is 10.5. The molecule has 0 spiro atoms. The number of aromatic nitrogens is 2. The Morgan fingerprint density at radius 3 is 2.63 bits per heavy atom. The van der Waals surface area contributed by atoms with Gasteiger partial charge >= 0.3 is 0 Å². The van der Waals surface area contributed by atoms with E-state index in [1.54, 1.807) is 14.0 Å². The maximum absolute atomic E-state index is 12.2. The summed E-state index contributed by atoms with van der Waals surface area (Å²) in [5.74, 6) is -0.267. The molecule has 100 valence electrons. The van der Waals surface area contributed by atoms with Crippen molar-refractivity contribution in [3.05, 3.63) is 39.6 Å². The molecule has 19 heavy (non-hydrogen) atoms. The van der Waals surface area contributed by atoms with Gasteiger partial charge in [0.25, 0.3) is 5.91 Å². The number of rotatable bonds is 2. The van der Waals surface area contributed by atoms with Crippen molar-refractivity contribution >= 4 is 33.2 Å². The molecule has 0 saturated heterocycles. The standard InChI is InChI=1S/C13H15BrN4O/c1-7-4-5-9(6-10(7)14)16-13(19)12-11(15)8(2)17-18(12)3/h4-6H,15H2,1-3H3,(H,16,19). The zero-order chi connectivity index (χ0) is 14.2. The van der Waals surface area contributed by atoms with Gasteiger partial charge in [0.2, 0.25) is 0 Å². The summed E-state index contributed by atoms with van der Waals surface area (Å²) in [7, 11) is 1.70. The Hall–Kier alpha value is -1.82. The maximum atomic E-state index is 12.2. The number of nitrogen functional groups attached to an aromatic ring is 1. The Morgan fingerprint density at radius 2 is 2.11 bits per heavy atom. The monoisotopic (exact) mass is 322 g/mol. The fourth-order valence-electron chi connectivity index (χ4n) is 1.80. The van der Waals surface area contributed by atoms with E-state index < -0.39 is 0 Å². The van der Waals surface area contributed by atoms with Crippen molar-refractivity contribution in [2.45, 2.75) is 13.8 Å². The Balaban J connectivity index is 2.28. The van der Waals surface area contributed by atoms with Crippen LogP contribution >= 0.6 is 15.9 Å². The van der Waals surface area contributed by atoms with Gasteiger partial charge < -0.3 is 11.1 Å². The number of hydrogen-bond acceptors (Lipinski definition) is 3. The third-order valence-electron chi connectivity index (χ3n) is 2.91. The maximum Gasteiger partial charge on any atom is 0.276 e. The smallest absolute Gasteiger partial charge is 0.276 e. The minimum absolute atomic E-state index is 0.267. The Bertz CT molecular complexity index is 648. The third-order valence-corrected chi connectivity index (χ3v) is 3.77. The minimum Gasteiger partial charge on any atom is -0.395 e. The van der Waals surface area contributed by atoms with Crippen LogP contribution < -0.4 is 11.1 Å². The highest BCUT2D eigenvalue weighted by Gasteiger charge is 2.18. The van der Waals surface area contributed by atoms with Crippen molar-refractivity contribution < 1.29 is 4.79 Å². The predicted octanol–water partition coefficient (Wildman–Crippen LogP) is 2.63. The van der Waals surface area contributed by atoms with Crippen LogP contribution in [0.2, 0.25) is 0 Å². The van der Waals surface area contributed by atoms with E-state index in [0.717, 1.165) is 10.0 Å². The molecule has 6 heteroatoms. The highest BCUT2D eigenvalue weighted by molar-refractivity contribution is 9.10. The number of hydrogen-bond donors (Lipinski definition) is 2. The zero-order valence-corrected chi connectivity index (χ0v) is 12.6. The summed E-state index contributed by atoms with van der Waals surface area (Å²) < 4.78 is 2.43. The lowest BCUT2D eigenvalue weighted by molar-refractivity contribution is 0.101. The first-order valence-corrected chi connectivity index (χ1v) is 6.56. The van der Waals surface area contributed by atoms with E-state index in [1.807, 2.05) is 25.1 Å². The molecule has 2 rings (SSSR count). The van der Waals surface area contributed by atoms with Gasteiger partial charge in [0.05, 0.1) is 11.4 Å². The van der Waals surface area contributed by atoms with E-state index in [4.69, 9.17) is 5.73 Å². The van der Waals surface area contributed by atoms with Crippen molar-refractivity contribution in [2.24, 2.45) is 7.05 Å². The van der Waals surface area contributed by atoms with Crippen LogP contribution in [0.1, 0.15) is 21.7 Å². The molecule has 1 heterocycles. The fourth-order valence-corrected chi connectivity index (χ4v) is 2.18. The first-order chi connectivity index (χ1) is 8.90. The Morgan fingerprint density at radius 1 is 1.42 bits per heavy atom. The number of nitrogens with zero attached hydrogens (tertiary/aromatic N) is 2. The van der Waals surface area contributed by atoms with E-state index >= 15 is 0 Å². The predicted molar refractivity (Wildman–Crippen MR) is 79.2 cm³/mol. The fraction of sp³-hybridized carbons (Fsp3) is 0.231. The van der Waals surface area contributed by atoms with Gasteiger partial charge in [0.1, 0.15) is 5.69 Å². The largest absolute Gasteiger partial charge is 0.395 e. The van der Waals surface area contributed by atoms with Gasteiger partial charge in [0, 0.05) is 17.2 Å². The molecule has 0 fully saturated rings. The lowest BCUT2D eigenvalue weighted by Gasteiger charge is -2.07. The lowest BCUT2D eigenvalue weighted by Crippen LogP contribution is -2.17. The molecule has 3 N–H and O–H groups in total. The quantitative estimate of drug-likeness (QED) is 0.892. The van der Waals surface area contributed by atoms with Crippen molar-refractivity contribution in [3.8, 4) is 0 Å². The number of amides is 1. The van der Waals surface area contributed by atoms with Crippen LogP contribution in [-0.4, -0.2) is 15.7 Å². The van der Waals surface area contributed by atoms with E-state index in [2.05, 4.69) is 26.3 Å². The topological polar surface area (TPSA) is 72.9 Å². The molecule has 0 aliphatic carbocycles. The minimum atomic E-state index is -0.267. The first kappa shape index (κ1) is 13.6. The van der Waals surface area contributed by atoms with Gasteiger partial charge in [-0.3, -0.25) is 9.48 Å². The van der Waals surface area contributed by atoms with Crippen molar-refractivity contribution in [1.29, 1.82) is 0 Å². The summed E-state index contributed by atoms with van der Waals surface area (Å²) in [6.45, 7) is 3.76. The average molecular weight is 323 g/mol. The van der Waals surface area contributed by atoms with Crippen molar-refractivity contribution in [2.75, 3.05) is 11.1 Å². The second-order valence-corrected chi connectivity index (χ2v) is 5.24. The number of carbonyl (C=O) groups excluding carboxylic acids is 1. The van der Waals surface area contributed by atoms with Gasteiger partial charge in [0.15, 0.2) is 0 Å². The van der Waals surface area contributed by atoms with Crippen LogP contribution in [0.3, 0.4) is 0 Å². The van der Waals surface area contributed by atoms with Crippen molar-refractivity contribution in [3.63, 3.8) is 0 Å². The van der Waals surface area contributed by atoms with Gasteiger partial charge in [-0.15, -0.1) is 0 Å². The third kappa shape index (κ3) is 2.63. The SMILES string of the molecule is Cc1ccc(NC(=O)c2c(N)c(C)nn2C)cc1Br. The molecule has 2 aromatic rings. The number of anilines is 2. The number of halogens is 1. The van der Waals surface area contributed by atoms with Crippen LogP contribution in [-0.2, 0) is 7.05 Å². The second kappa shape index (κ2) is 5.05. The highest BCUT2D eigenvalue weighted by atomic mass is 79.9. The average Bonchev–Trinajstić information content (AvgIpc) is 2.58. The molecule has 0 atom stereocenters. The van der Waals surface area contributed by atoms with Crippen LogP contribution in [0, 0.1) is 13.8 Å². The highest BCUT2D eigenvalue weighted by Crippen LogP contribution is 2.22. The van der Waals surface area contributed by atoms with E-state index in [1.165, 1.54) is 4.68 Å². The van der Waals surface area contributed by atoms with Crippen molar-refractivity contribution in [1.82, 2.24) is 9.78 Å². The van der Waals surface area contributed by atoms with Gasteiger partial charge in [-0.1, -0.05) is 22.0 Å². The van der Waals surface area contributed by atoms with E-state index in [0.29, 0.717) is 22.8 Å². The molecule has 1 aromatic heterocycles. The number of aryl methyl sites for hydroxylation is 3. The van der Waals surface area contributed by atoms with E-state index in [-0.39, 0.29) is 5.91 Å². The molecular weight excluding hydrogens is 308 g/mol. The molecule has 0 unspecified atom stereocenters. The molecule has 1 amide bonds. The van der Waals surface area contributed by atoms with Crippen LogP contribution in [0.4, 0.5) is 11.4 Å². The summed E-state index contributed by atoms with van der Waals surface area (Å²) in [4.78, 5) is 12.2. The summed E-state index contributed by atoms with van der Waals surface area (Å²) in [5, 5.41) is 6.94. The summed E-state index contributed by atoms with van der Waals surface area (Å²) >= 11 is 3.43. The molecule has 0 bridgehead atoms. The number of carbonyl (C=O) groups is 1.